The van der Waals surface area contributed by atoms with Gasteiger partial charge >= 0.3 is 0 Å². The van der Waals surface area contributed by atoms with Crippen molar-refractivity contribution in [1.29, 1.82) is 0 Å². The summed E-state index contributed by atoms with van der Waals surface area (Å²) in [5.74, 6) is 0.257. The van der Waals surface area contributed by atoms with Crippen LogP contribution < -0.4 is 0 Å². The van der Waals surface area contributed by atoms with Gasteiger partial charge in [0.1, 0.15) is 0 Å². The zero-order valence-corrected chi connectivity index (χ0v) is 15.6. The molecule has 22 heavy (non-hydrogen) atoms. The van der Waals surface area contributed by atoms with Crippen LogP contribution in [0, 0.1) is 6.92 Å². The maximum atomic E-state index is 12.6. The normalized spacial score (nSPS) is 12.9. The Morgan fingerprint density at radius 3 is 2.14 bits per heavy atom. The Morgan fingerprint density at radius 1 is 1.00 bits per heavy atom. The monoisotopic (exact) mass is 328 g/mol. The minimum Gasteiger partial charge on any atom is -0.294 e. The van der Waals surface area contributed by atoms with Crippen molar-refractivity contribution in [1.82, 2.24) is 0 Å². The summed E-state index contributed by atoms with van der Waals surface area (Å²) in [6, 6.07) is 18.3. The van der Waals surface area contributed by atoms with Crippen molar-refractivity contribution >= 4 is 25.6 Å². The van der Waals surface area contributed by atoms with Gasteiger partial charge in [0.2, 0.25) is 0 Å². The molecule has 0 aromatic heterocycles. The fourth-order valence-corrected chi connectivity index (χ4v) is 5.69. The quantitative estimate of drug-likeness (QED) is 0.390. The first-order chi connectivity index (χ1) is 10.4. The van der Waals surface area contributed by atoms with E-state index >= 15 is 0 Å². The predicted octanol–water partition coefficient (Wildman–Crippen LogP) is 5.61. The topological polar surface area (TPSA) is 17.1 Å². The summed E-state index contributed by atoms with van der Waals surface area (Å²) in [6.45, 7) is 9.13. The molecule has 0 aliphatic heterocycles. The van der Waals surface area contributed by atoms with Gasteiger partial charge in [0, 0.05) is 21.8 Å². The second-order valence-corrected chi connectivity index (χ2v) is 13.9. The maximum Gasteiger partial charge on any atom is 0.163 e. The molecule has 0 spiro atoms. The Labute approximate surface area is 139 Å². The second-order valence-electron chi connectivity index (χ2n) is 6.78. The van der Waals surface area contributed by atoms with Gasteiger partial charge in [-0.2, -0.15) is 0 Å². The lowest BCUT2D eigenvalue weighted by Crippen LogP contribution is -2.37. The van der Waals surface area contributed by atoms with Crippen LogP contribution >= 0.6 is 11.8 Å². The largest absolute Gasteiger partial charge is 0.294 e. The highest BCUT2D eigenvalue weighted by atomic mass is 32.2. The zero-order valence-electron chi connectivity index (χ0n) is 13.8. The molecular weight excluding hydrogens is 304 g/mol. The van der Waals surface area contributed by atoms with Crippen molar-refractivity contribution < 1.29 is 4.79 Å². The molecule has 0 bridgehead atoms. The minimum atomic E-state index is -1.44. The van der Waals surface area contributed by atoms with Crippen molar-refractivity contribution in [3.05, 3.63) is 65.7 Å². The first-order valence-electron chi connectivity index (χ1n) is 7.68. The molecule has 2 aromatic rings. The van der Waals surface area contributed by atoms with E-state index < -0.39 is 8.07 Å². The van der Waals surface area contributed by atoms with Crippen LogP contribution in [-0.4, -0.2) is 18.7 Å². The predicted molar refractivity (Wildman–Crippen MR) is 99.6 cm³/mol. The van der Waals surface area contributed by atoms with Crippen LogP contribution in [0.5, 0.6) is 0 Å². The van der Waals surface area contributed by atoms with E-state index in [9.17, 15) is 4.79 Å². The summed E-state index contributed by atoms with van der Waals surface area (Å²) in [6.07, 6.45) is 0.623. The average Bonchev–Trinajstić information content (AvgIpc) is 2.48. The lowest BCUT2D eigenvalue weighted by Gasteiger charge is -2.28. The number of rotatable bonds is 6. The van der Waals surface area contributed by atoms with E-state index in [1.165, 1.54) is 10.5 Å². The summed E-state index contributed by atoms with van der Waals surface area (Å²) in [7, 11) is -1.44. The number of carbonyl (C=O) groups is 1. The van der Waals surface area contributed by atoms with Crippen LogP contribution in [0.1, 0.15) is 22.3 Å². The fourth-order valence-electron chi connectivity index (χ4n) is 2.22. The number of benzene rings is 2. The molecule has 2 rings (SSSR count). The van der Waals surface area contributed by atoms with Gasteiger partial charge in [-0.3, -0.25) is 4.79 Å². The molecule has 1 unspecified atom stereocenters. The van der Waals surface area contributed by atoms with Gasteiger partial charge in [-0.1, -0.05) is 67.7 Å². The van der Waals surface area contributed by atoms with E-state index in [0.717, 1.165) is 5.56 Å². The number of carbonyl (C=O) groups excluding carboxylic acids is 1. The van der Waals surface area contributed by atoms with Crippen LogP contribution in [0.3, 0.4) is 0 Å². The van der Waals surface area contributed by atoms with E-state index in [1.54, 1.807) is 0 Å². The molecule has 0 aliphatic rings. The summed E-state index contributed by atoms with van der Waals surface area (Å²) >= 11 is 1.87. The van der Waals surface area contributed by atoms with Gasteiger partial charge in [0.15, 0.2) is 5.78 Å². The molecule has 0 heterocycles. The van der Waals surface area contributed by atoms with Gasteiger partial charge < -0.3 is 0 Å². The average molecular weight is 329 g/mol. The number of hydrogen-bond acceptors (Lipinski definition) is 2. The Hall–Kier alpha value is -1.32. The van der Waals surface area contributed by atoms with E-state index in [4.69, 9.17) is 0 Å². The first kappa shape index (κ1) is 17.0. The lowest BCUT2D eigenvalue weighted by molar-refractivity contribution is 0.0986. The van der Waals surface area contributed by atoms with Crippen LogP contribution in [0.4, 0.5) is 0 Å². The van der Waals surface area contributed by atoms with Crippen LogP contribution in [0.15, 0.2) is 59.5 Å². The molecule has 0 N–H and O–H groups in total. The fraction of sp³-hybridized carbons (Fsp3) is 0.316. The van der Waals surface area contributed by atoms with Crippen molar-refractivity contribution in [2.24, 2.45) is 0 Å². The third-order valence-corrected chi connectivity index (χ3v) is 9.34. The Balaban J connectivity index is 2.13. The van der Waals surface area contributed by atoms with Crippen LogP contribution in [0.2, 0.25) is 19.6 Å². The highest BCUT2D eigenvalue weighted by Crippen LogP contribution is 2.33. The van der Waals surface area contributed by atoms with E-state index in [2.05, 4.69) is 50.8 Å². The van der Waals surface area contributed by atoms with Gasteiger partial charge in [-0.15, -0.1) is 11.8 Å². The molecule has 2 aromatic carbocycles. The van der Waals surface area contributed by atoms with Gasteiger partial charge in [-0.25, -0.2) is 0 Å². The smallest absolute Gasteiger partial charge is 0.163 e. The van der Waals surface area contributed by atoms with Crippen molar-refractivity contribution in [2.45, 2.75) is 42.8 Å². The van der Waals surface area contributed by atoms with Crippen molar-refractivity contribution in [3.8, 4) is 0 Å². The van der Waals surface area contributed by atoms with Gasteiger partial charge in [-0.05, 0) is 19.1 Å². The number of hydrogen-bond donors (Lipinski definition) is 0. The van der Waals surface area contributed by atoms with E-state index in [1.807, 2.05) is 42.1 Å². The summed E-state index contributed by atoms with van der Waals surface area (Å²) < 4.78 is 0. The number of ketones is 1. The Bertz CT molecular complexity index is 614. The highest BCUT2D eigenvalue weighted by Gasteiger charge is 2.30. The zero-order chi connectivity index (χ0) is 16.2. The minimum absolute atomic E-state index is 0.257. The molecular formula is C19H24OSSi. The van der Waals surface area contributed by atoms with Crippen LogP contribution in [0.25, 0.3) is 0 Å². The molecule has 3 heteroatoms. The third-order valence-electron chi connectivity index (χ3n) is 3.73. The molecule has 116 valence electrons. The Morgan fingerprint density at radius 2 is 1.59 bits per heavy atom. The van der Waals surface area contributed by atoms with Gasteiger partial charge in [0.05, 0.1) is 8.07 Å². The number of Topliss-reactive ketones (excluding diaryl/α,β-unsaturated/α-hetero) is 1. The second kappa shape index (κ2) is 7.29. The summed E-state index contributed by atoms with van der Waals surface area (Å²) in [5.41, 5.74) is 2.10. The summed E-state index contributed by atoms with van der Waals surface area (Å²) in [4.78, 5) is 14.2. The van der Waals surface area contributed by atoms with E-state index in [-0.39, 0.29) is 5.78 Å². The lowest BCUT2D eigenvalue weighted by atomic mass is 10.1. The van der Waals surface area contributed by atoms with Crippen LogP contribution in [-0.2, 0) is 0 Å². The van der Waals surface area contributed by atoms with Gasteiger partial charge in [0.25, 0.3) is 0 Å². The van der Waals surface area contributed by atoms with E-state index in [0.29, 0.717) is 11.3 Å². The molecule has 0 radical (unpaired) electrons. The maximum absolute atomic E-state index is 12.6. The summed E-state index contributed by atoms with van der Waals surface area (Å²) in [5, 5.41) is 0. The molecule has 0 saturated carbocycles. The molecule has 0 saturated heterocycles. The number of aryl methyl sites for hydroxylation is 1. The standard InChI is InChI=1S/C19H24OSSi/c1-15-10-12-17(13-11-15)21-19(22(2,3)4)14-18(20)16-8-6-5-7-9-16/h5-13,19H,14H2,1-4H3. The SMILES string of the molecule is Cc1ccc(SC(CC(=O)c2ccccc2)[Si](C)(C)C)cc1. The first-order valence-corrected chi connectivity index (χ1v) is 12.1. The molecule has 0 amide bonds. The molecule has 1 nitrogen and oxygen atoms in total. The molecule has 0 aliphatic carbocycles. The molecule has 0 fully saturated rings. The number of thioether (sulfide) groups is 1. The molecule has 1 atom stereocenters. The Kier molecular flexibility index (Phi) is 5.65. The van der Waals surface area contributed by atoms with Crippen molar-refractivity contribution in [3.63, 3.8) is 0 Å². The third kappa shape index (κ3) is 4.85. The van der Waals surface area contributed by atoms with Crippen molar-refractivity contribution in [2.75, 3.05) is 0 Å². The highest BCUT2D eigenvalue weighted by molar-refractivity contribution is 8.01.